The summed E-state index contributed by atoms with van der Waals surface area (Å²) in [5, 5.41) is 11.7. The molecule has 0 aliphatic carbocycles. The van der Waals surface area contributed by atoms with Crippen molar-refractivity contribution in [2.75, 3.05) is 18.1 Å². The summed E-state index contributed by atoms with van der Waals surface area (Å²) in [5.74, 6) is -1.61. The number of aliphatic carboxylic acids is 1. The lowest BCUT2D eigenvalue weighted by Gasteiger charge is -2.29. The molecule has 1 aromatic carbocycles. The maximum atomic E-state index is 12.2. The van der Waals surface area contributed by atoms with Crippen LogP contribution in [0.2, 0.25) is 0 Å². The SMILES string of the molecule is CC[C@H](C)[C@H](NC(=O)CN1C(=O)COc2ccccc21)C(=O)O. The van der Waals surface area contributed by atoms with Crippen molar-refractivity contribution in [1.82, 2.24) is 5.32 Å². The standard InChI is InChI=1S/C16H20N2O5/c1-3-10(2)15(16(21)22)17-13(19)8-18-11-6-4-5-7-12(11)23-9-14(18)20/h4-7,10,15H,3,8-9H2,1-2H3,(H,17,19)(H,21,22)/t10-,15-/m0/s1. The van der Waals surface area contributed by atoms with Crippen LogP contribution < -0.4 is 15.0 Å². The van der Waals surface area contributed by atoms with Gasteiger partial charge in [0, 0.05) is 0 Å². The summed E-state index contributed by atoms with van der Waals surface area (Å²) in [6, 6.07) is 5.94. The Bertz CT molecular complexity index is 616. The Labute approximate surface area is 134 Å². The van der Waals surface area contributed by atoms with Crippen molar-refractivity contribution >= 4 is 23.5 Å². The van der Waals surface area contributed by atoms with Crippen molar-refractivity contribution in [3.05, 3.63) is 24.3 Å². The van der Waals surface area contributed by atoms with E-state index in [-0.39, 0.29) is 25.0 Å². The number of nitrogens with one attached hydrogen (secondary N) is 1. The molecular formula is C16H20N2O5. The first kappa shape index (κ1) is 16.8. The number of anilines is 1. The Morgan fingerprint density at radius 2 is 2.09 bits per heavy atom. The molecule has 0 saturated heterocycles. The minimum Gasteiger partial charge on any atom is -0.482 e. The quantitative estimate of drug-likeness (QED) is 0.816. The average Bonchev–Trinajstić information content (AvgIpc) is 2.54. The number of para-hydroxylation sites is 2. The van der Waals surface area contributed by atoms with Crippen LogP contribution in [0.3, 0.4) is 0 Å². The molecule has 2 amide bonds. The smallest absolute Gasteiger partial charge is 0.326 e. The second-order valence-corrected chi connectivity index (χ2v) is 5.51. The fraction of sp³-hybridized carbons (Fsp3) is 0.438. The highest BCUT2D eigenvalue weighted by Crippen LogP contribution is 2.31. The Kier molecular flexibility index (Phi) is 5.20. The first-order valence-corrected chi connectivity index (χ1v) is 7.48. The highest BCUT2D eigenvalue weighted by molar-refractivity contribution is 6.02. The van der Waals surface area contributed by atoms with Crippen LogP contribution in [0.5, 0.6) is 5.75 Å². The first-order valence-electron chi connectivity index (χ1n) is 7.48. The molecule has 1 aliphatic rings. The monoisotopic (exact) mass is 320 g/mol. The minimum atomic E-state index is -1.08. The molecule has 23 heavy (non-hydrogen) atoms. The van der Waals surface area contributed by atoms with Crippen molar-refractivity contribution < 1.29 is 24.2 Å². The second-order valence-electron chi connectivity index (χ2n) is 5.51. The number of hydrogen-bond donors (Lipinski definition) is 2. The number of hydrogen-bond acceptors (Lipinski definition) is 4. The molecule has 0 fully saturated rings. The van der Waals surface area contributed by atoms with Gasteiger partial charge in [-0.05, 0) is 18.1 Å². The summed E-state index contributed by atoms with van der Waals surface area (Å²) >= 11 is 0. The molecule has 2 rings (SSSR count). The van der Waals surface area contributed by atoms with Gasteiger partial charge in [0.2, 0.25) is 5.91 Å². The van der Waals surface area contributed by atoms with E-state index in [1.165, 1.54) is 4.90 Å². The molecular weight excluding hydrogens is 300 g/mol. The van der Waals surface area contributed by atoms with Gasteiger partial charge < -0.3 is 15.2 Å². The van der Waals surface area contributed by atoms with E-state index in [1.54, 1.807) is 31.2 Å². The normalized spacial score (nSPS) is 16.1. The summed E-state index contributed by atoms with van der Waals surface area (Å²) in [4.78, 5) is 36.8. The highest BCUT2D eigenvalue weighted by Gasteiger charge is 2.30. The number of nitrogens with zero attached hydrogens (tertiary/aromatic N) is 1. The van der Waals surface area contributed by atoms with Crippen molar-refractivity contribution in [3.63, 3.8) is 0 Å². The van der Waals surface area contributed by atoms with E-state index < -0.39 is 17.9 Å². The number of benzene rings is 1. The summed E-state index contributed by atoms with van der Waals surface area (Å²) in [6.07, 6.45) is 0.622. The molecule has 7 nitrogen and oxygen atoms in total. The van der Waals surface area contributed by atoms with Gasteiger partial charge in [-0.3, -0.25) is 14.5 Å². The van der Waals surface area contributed by atoms with E-state index in [0.717, 1.165) is 0 Å². The Morgan fingerprint density at radius 3 is 2.74 bits per heavy atom. The predicted molar refractivity (Wildman–Crippen MR) is 83.3 cm³/mol. The molecule has 1 aliphatic heterocycles. The number of fused-ring (bicyclic) bond motifs is 1. The number of carboxylic acids is 1. The van der Waals surface area contributed by atoms with Crippen LogP contribution in [0.4, 0.5) is 5.69 Å². The average molecular weight is 320 g/mol. The number of carboxylic acid groups (broad SMARTS) is 1. The van der Waals surface area contributed by atoms with Gasteiger partial charge in [0.05, 0.1) is 5.69 Å². The number of rotatable bonds is 6. The molecule has 0 aromatic heterocycles. The summed E-state index contributed by atoms with van der Waals surface area (Å²) in [5.41, 5.74) is 0.509. The molecule has 0 radical (unpaired) electrons. The Balaban J connectivity index is 2.10. The third-order valence-corrected chi connectivity index (χ3v) is 3.91. The molecule has 0 saturated carbocycles. The van der Waals surface area contributed by atoms with Crippen molar-refractivity contribution in [3.8, 4) is 5.75 Å². The maximum Gasteiger partial charge on any atom is 0.326 e. The van der Waals surface area contributed by atoms with E-state index in [4.69, 9.17) is 4.74 Å². The number of carbonyl (C=O) groups excluding carboxylic acids is 2. The lowest BCUT2D eigenvalue weighted by atomic mass is 9.99. The van der Waals surface area contributed by atoms with Gasteiger partial charge in [0.1, 0.15) is 18.3 Å². The second kappa shape index (κ2) is 7.13. The van der Waals surface area contributed by atoms with E-state index in [9.17, 15) is 19.5 Å². The lowest BCUT2D eigenvalue weighted by molar-refractivity contribution is -0.143. The molecule has 124 valence electrons. The highest BCUT2D eigenvalue weighted by atomic mass is 16.5. The van der Waals surface area contributed by atoms with E-state index in [1.807, 2.05) is 6.92 Å². The van der Waals surface area contributed by atoms with Gasteiger partial charge in [-0.15, -0.1) is 0 Å². The van der Waals surface area contributed by atoms with Gasteiger partial charge in [-0.2, -0.15) is 0 Å². The Morgan fingerprint density at radius 1 is 1.39 bits per heavy atom. The van der Waals surface area contributed by atoms with Crippen molar-refractivity contribution in [2.45, 2.75) is 26.3 Å². The van der Waals surface area contributed by atoms with Crippen LogP contribution in [-0.2, 0) is 14.4 Å². The zero-order valence-corrected chi connectivity index (χ0v) is 13.1. The minimum absolute atomic E-state index is 0.141. The van der Waals surface area contributed by atoms with Gasteiger partial charge in [-0.25, -0.2) is 4.79 Å². The maximum absolute atomic E-state index is 12.2. The van der Waals surface area contributed by atoms with Gasteiger partial charge >= 0.3 is 5.97 Å². The Hall–Kier alpha value is -2.57. The lowest BCUT2D eigenvalue weighted by Crippen LogP contribution is -2.51. The van der Waals surface area contributed by atoms with Gasteiger partial charge in [0.25, 0.3) is 5.91 Å². The van der Waals surface area contributed by atoms with Gasteiger partial charge in [-0.1, -0.05) is 32.4 Å². The molecule has 1 aromatic rings. The fourth-order valence-corrected chi connectivity index (χ4v) is 2.37. The van der Waals surface area contributed by atoms with E-state index in [2.05, 4.69) is 5.32 Å². The predicted octanol–water partition coefficient (Wildman–Crippen LogP) is 1.03. The third kappa shape index (κ3) is 3.80. The largest absolute Gasteiger partial charge is 0.482 e. The fourth-order valence-electron chi connectivity index (χ4n) is 2.37. The number of ether oxygens (including phenoxy) is 1. The first-order chi connectivity index (χ1) is 10.9. The van der Waals surface area contributed by atoms with E-state index >= 15 is 0 Å². The zero-order valence-electron chi connectivity index (χ0n) is 13.1. The molecule has 2 N–H and O–H groups in total. The summed E-state index contributed by atoms with van der Waals surface area (Å²) in [7, 11) is 0. The topological polar surface area (TPSA) is 95.9 Å². The molecule has 2 atom stereocenters. The molecule has 0 unspecified atom stereocenters. The third-order valence-electron chi connectivity index (χ3n) is 3.91. The van der Waals surface area contributed by atoms with Crippen LogP contribution >= 0.6 is 0 Å². The van der Waals surface area contributed by atoms with E-state index in [0.29, 0.717) is 17.9 Å². The van der Waals surface area contributed by atoms with Crippen LogP contribution in [0, 0.1) is 5.92 Å². The van der Waals surface area contributed by atoms with Crippen LogP contribution in [0.25, 0.3) is 0 Å². The number of carbonyl (C=O) groups is 3. The van der Waals surface area contributed by atoms with Crippen molar-refractivity contribution in [2.24, 2.45) is 5.92 Å². The molecule has 0 spiro atoms. The van der Waals surface area contributed by atoms with Gasteiger partial charge in [0.15, 0.2) is 6.61 Å². The van der Waals surface area contributed by atoms with Crippen LogP contribution in [0.1, 0.15) is 20.3 Å². The van der Waals surface area contributed by atoms with Crippen LogP contribution in [0.15, 0.2) is 24.3 Å². The molecule has 7 heteroatoms. The summed E-state index contributed by atoms with van der Waals surface area (Å²) in [6.45, 7) is 3.24. The van der Waals surface area contributed by atoms with Crippen LogP contribution in [-0.4, -0.2) is 42.1 Å². The molecule has 1 heterocycles. The molecule has 0 bridgehead atoms. The van der Waals surface area contributed by atoms with Crippen molar-refractivity contribution in [1.29, 1.82) is 0 Å². The number of amides is 2. The zero-order chi connectivity index (χ0) is 17.0. The summed E-state index contributed by atoms with van der Waals surface area (Å²) < 4.78 is 5.31.